The van der Waals surface area contributed by atoms with E-state index in [-0.39, 0.29) is 23.5 Å². The van der Waals surface area contributed by atoms with Gasteiger partial charge in [0.1, 0.15) is 5.75 Å². The summed E-state index contributed by atoms with van der Waals surface area (Å²) in [7, 11) is 0. The molecule has 0 aliphatic carbocycles. The Bertz CT molecular complexity index is 694. The third-order valence-electron chi connectivity index (χ3n) is 3.96. The molecule has 6 heteroatoms. The van der Waals surface area contributed by atoms with Gasteiger partial charge < -0.3 is 19.4 Å². The molecule has 0 radical (unpaired) electrons. The van der Waals surface area contributed by atoms with Gasteiger partial charge in [-0.25, -0.2) is 0 Å². The minimum Gasteiger partial charge on any atom is -0.494 e. The zero-order valence-electron chi connectivity index (χ0n) is 13.5. The molecule has 1 saturated heterocycles. The summed E-state index contributed by atoms with van der Waals surface area (Å²) in [5.74, 6) is 0.962. The molecule has 6 nitrogen and oxygen atoms in total. The first kappa shape index (κ1) is 16.1. The number of carbonyl (C=O) groups is 2. The fraction of sp³-hybridized carbons (Fsp3) is 0.333. The molecule has 1 unspecified atom stereocenters. The van der Waals surface area contributed by atoms with Crippen LogP contribution in [0.3, 0.4) is 0 Å². The number of anilines is 1. The maximum absolute atomic E-state index is 12.2. The highest BCUT2D eigenvalue weighted by atomic mass is 16.5. The third-order valence-corrected chi connectivity index (χ3v) is 3.96. The van der Waals surface area contributed by atoms with Crippen LogP contribution in [0.2, 0.25) is 0 Å². The van der Waals surface area contributed by atoms with Gasteiger partial charge in [0.15, 0.2) is 5.76 Å². The quantitative estimate of drug-likeness (QED) is 0.884. The lowest BCUT2D eigenvalue weighted by Crippen LogP contribution is -2.31. The molecule has 0 spiro atoms. The van der Waals surface area contributed by atoms with Gasteiger partial charge in [0.05, 0.1) is 12.9 Å². The van der Waals surface area contributed by atoms with Crippen molar-refractivity contribution in [3.05, 3.63) is 48.4 Å². The van der Waals surface area contributed by atoms with Crippen LogP contribution in [0.4, 0.5) is 5.69 Å². The van der Waals surface area contributed by atoms with Gasteiger partial charge in [-0.05, 0) is 43.3 Å². The van der Waals surface area contributed by atoms with E-state index < -0.39 is 0 Å². The smallest absolute Gasteiger partial charge is 0.286 e. The first-order valence-corrected chi connectivity index (χ1v) is 8.02. The summed E-state index contributed by atoms with van der Waals surface area (Å²) in [6, 6.07) is 10.8. The van der Waals surface area contributed by atoms with Crippen molar-refractivity contribution in [1.82, 2.24) is 5.32 Å². The molecular formula is C18H20N2O4. The number of rotatable bonds is 6. The van der Waals surface area contributed by atoms with Gasteiger partial charge in [0.25, 0.3) is 5.91 Å². The molecule has 2 heterocycles. The minimum atomic E-state index is -0.257. The van der Waals surface area contributed by atoms with Crippen LogP contribution in [0.15, 0.2) is 47.1 Å². The number of hydrogen-bond acceptors (Lipinski definition) is 4. The van der Waals surface area contributed by atoms with Crippen LogP contribution in [0.1, 0.15) is 23.9 Å². The number of hydrogen-bond donors (Lipinski definition) is 1. The largest absolute Gasteiger partial charge is 0.494 e. The molecule has 0 bridgehead atoms. The number of benzene rings is 1. The lowest BCUT2D eigenvalue weighted by molar-refractivity contribution is -0.117. The van der Waals surface area contributed by atoms with E-state index in [1.807, 2.05) is 31.2 Å². The number of ether oxygens (including phenoxy) is 1. The summed E-state index contributed by atoms with van der Waals surface area (Å²) in [5.41, 5.74) is 0.850. The monoisotopic (exact) mass is 328 g/mol. The molecule has 2 amide bonds. The molecule has 1 fully saturated rings. The van der Waals surface area contributed by atoms with Crippen LogP contribution >= 0.6 is 0 Å². The molecule has 126 valence electrons. The van der Waals surface area contributed by atoms with E-state index in [0.29, 0.717) is 26.1 Å². The Hall–Kier alpha value is -2.76. The Morgan fingerprint density at radius 1 is 1.33 bits per heavy atom. The van der Waals surface area contributed by atoms with Crippen molar-refractivity contribution in [1.29, 1.82) is 0 Å². The van der Waals surface area contributed by atoms with E-state index in [1.165, 1.54) is 6.26 Å². The molecule has 1 aliphatic heterocycles. The maximum atomic E-state index is 12.2. The van der Waals surface area contributed by atoms with Crippen molar-refractivity contribution in [3.63, 3.8) is 0 Å². The molecule has 2 aromatic rings. The summed E-state index contributed by atoms with van der Waals surface area (Å²) in [4.78, 5) is 25.9. The number of nitrogens with one attached hydrogen (secondary N) is 1. The average molecular weight is 328 g/mol. The average Bonchev–Trinajstić information content (AvgIpc) is 3.24. The van der Waals surface area contributed by atoms with Crippen LogP contribution in [-0.4, -0.2) is 31.5 Å². The summed E-state index contributed by atoms with van der Waals surface area (Å²) < 4.78 is 10.5. The first-order chi connectivity index (χ1) is 11.7. The molecule has 1 aromatic carbocycles. The summed E-state index contributed by atoms with van der Waals surface area (Å²) >= 11 is 0. The molecule has 1 atom stereocenters. The minimum absolute atomic E-state index is 0.0661. The molecule has 1 N–H and O–H groups in total. The topological polar surface area (TPSA) is 71.8 Å². The zero-order chi connectivity index (χ0) is 16.9. The Morgan fingerprint density at radius 3 is 2.79 bits per heavy atom. The predicted molar refractivity (Wildman–Crippen MR) is 89.1 cm³/mol. The highest BCUT2D eigenvalue weighted by Crippen LogP contribution is 2.26. The Morgan fingerprint density at radius 2 is 2.12 bits per heavy atom. The standard InChI is InChI=1S/C18H20N2O4/c1-2-23-15-7-5-14(6-8-15)20-12-13(10-17(20)21)11-19-18(22)16-4-3-9-24-16/h3-9,13H,2,10-12H2,1H3,(H,19,22). The molecule has 3 rings (SSSR count). The van der Waals surface area contributed by atoms with Crippen LogP contribution in [0.25, 0.3) is 0 Å². The van der Waals surface area contributed by atoms with E-state index >= 15 is 0 Å². The highest BCUT2D eigenvalue weighted by molar-refractivity contribution is 5.96. The van der Waals surface area contributed by atoms with Crippen LogP contribution in [-0.2, 0) is 4.79 Å². The maximum Gasteiger partial charge on any atom is 0.286 e. The van der Waals surface area contributed by atoms with E-state index in [2.05, 4.69) is 5.32 Å². The van der Waals surface area contributed by atoms with Crippen molar-refractivity contribution in [3.8, 4) is 5.75 Å². The van der Waals surface area contributed by atoms with Crippen molar-refractivity contribution in [2.45, 2.75) is 13.3 Å². The molecule has 1 aromatic heterocycles. The second kappa shape index (κ2) is 7.21. The van der Waals surface area contributed by atoms with Crippen molar-refractivity contribution in [2.75, 3.05) is 24.6 Å². The lowest BCUT2D eigenvalue weighted by Gasteiger charge is -2.17. The third kappa shape index (κ3) is 3.59. The van der Waals surface area contributed by atoms with Crippen LogP contribution < -0.4 is 15.0 Å². The Labute approximate surface area is 140 Å². The fourth-order valence-electron chi connectivity index (χ4n) is 2.79. The van der Waals surface area contributed by atoms with E-state index in [4.69, 9.17) is 9.15 Å². The number of amides is 2. The SMILES string of the molecule is CCOc1ccc(N2CC(CNC(=O)c3ccco3)CC2=O)cc1. The predicted octanol–water partition coefficient (Wildman–Crippen LogP) is 2.46. The van der Waals surface area contributed by atoms with E-state index in [0.717, 1.165) is 11.4 Å². The van der Waals surface area contributed by atoms with Gasteiger partial charge in [-0.15, -0.1) is 0 Å². The zero-order valence-corrected chi connectivity index (χ0v) is 13.5. The second-order valence-electron chi connectivity index (χ2n) is 5.69. The van der Waals surface area contributed by atoms with Gasteiger partial charge >= 0.3 is 0 Å². The second-order valence-corrected chi connectivity index (χ2v) is 5.69. The van der Waals surface area contributed by atoms with Crippen LogP contribution in [0.5, 0.6) is 5.75 Å². The van der Waals surface area contributed by atoms with Gasteiger partial charge in [-0.1, -0.05) is 0 Å². The van der Waals surface area contributed by atoms with Crippen molar-refractivity contribution in [2.24, 2.45) is 5.92 Å². The van der Waals surface area contributed by atoms with Gasteiger partial charge in [-0.3, -0.25) is 9.59 Å². The normalized spacial score (nSPS) is 17.1. The summed E-state index contributed by atoms with van der Waals surface area (Å²) in [6.45, 7) is 3.57. The highest BCUT2D eigenvalue weighted by Gasteiger charge is 2.30. The Kier molecular flexibility index (Phi) is 4.84. The molecule has 24 heavy (non-hydrogen) atoms. The van der Waals surface area contributed by atoms with Crippen molar-refractivity contribution < 1.29 is 18.7 Å². The number of carbonyl (C=O) groups excluding carboxylic acids is 2. The molecular weight excluding hydrogens is 308 g/mol. The number of nitrogens with zero attached hydrogens (tertiary/aromatic N) is 1. The van der Waals surface area contributed by atoms with E-state index in [9.17, 15) is 9.59 Å². The number of furan rings is 1. The summed E-state index contributed by atoms with van der Waals surface area (Å²) in [6.07, 6.45) is 1.88. The van der Waals surface area contributed by atoms with Gasteiger partial charge in [0, 0.05) is 31.1 Å². The lowest BCUT2D eigenvalue weighted by atomic mass is 10.1. The van der Waals surface area contributed by atoms with Crippen LogP contribution in [0, 0.1) is 5.92 Å². The Balaban J connectivity index is 1.56. The van der Waals surface area contributed by atoms with Gasteiger partial charge in [0.2, 0.25) is 5.91 Å². The summed E-state index contributed by atoms with van der Waals surface area (Å²) in [5, 5.41) is 2.81. The first-order valence-electron chi connectivity index (χ1n) is 8.02. The molecule has 1 aliphatic rings. The molecule has 0 saturated carbocycles. The van der Waals surface area contributed by atoms with E-state index in [1.54, 1.807) is 17.0 Å². The van der Waals surface area contributed by atoms with Gasteiger partial charge in [-0.2, -0.15) is 0 Å². The fourth-order valence-corrected chi connectivity index (χ4v) is 2.79. The van der Waals surface area contributed by atoms with Crippen molar-refractivity contribution >= 4 is 17.5 Å².